The van der Waals surface area contributed by atoms with Crippen molar-refractivity contribution in [2.75, 3.05) is 0 Å². The molecular weight excluding hydrogens is 306 g/mol. The molecule has 0 saturated heterocycles. The number of hydrogen-bond donors (Lipinski definition) is 2. The van der Waals surface area contributed by atoms with E-state index in [4.69, 9.17) is 16.7 Å². The third-order valence-corrected chi connectivity index (χ3v) is 4.59. The van der Waals surface area contributed by atoms with Crippen molar-refractivity contribution < 1.29 is 9.90 Å². The van der Waals surface area contributed by atoms with Crippen LogP contribution in [0.5, 0.6) is 0 Å². The molecule has 0 bridgehead atoms. The summed E-state index contributed by atoms with van der Waals surface area (Å²) in [5.41, 5.74) is 1.12. The molecule has 5 heteroatoms. The molecule has 0 spiro atoms. The zero-order chi connectivity index (χ0) is 15.2. The Balaban J connectivity index is 2.16. The maximum absolute atomic E-state index is 11.1. The molecule has 2 unspecified atom stereocenters. The summed E-state index contributed by atoms with van der Waals surface area (Å²) in [6.45, 7) is 2.08. The summed E-state index contributed by atoms with van der Waals surface area (Å²) in [4.78, 5) is 12.1. The van der Waals surface area contributed by atoms with Crippen LogP contribution in [-0.4, -0.2) is 11.1 Å². The van der Waals surface area contributed by atoms with Gasteiger partial charge in [0.05, 0.1) is 12.5 Å². The molecule has 0 fully saturated rings. The first-order chi connectivity index (χ1) is 10.1. The van der Waals surface area contributed by atoms with Crippen molar-refractivity contribution in [3.05, 3.63) is 57.2 Å². The fourth-order valence-corrected chi connectivity index (χ4v) is 3.21. The quantitative estimate of drug-likeness (QED) is 0.779. The lowest BCUT2D eigenvalue weighted by Crippen LogP contribution is -2.27. The minimum absolute atomic E-state index is 0.0740. The smallest absolute Gasteiger partial charge is 0.305 e. The molecule has 21 heavy (non-hydrogen) atoms. The van der Waals surface area contributed by atoms with Crippen molar-refractivity contribution in [2.45, 2.75) is 31.8 Å². The highest BCUT2D eigenvalue weighted by molar-refractivity contribution is 7.10. The standard InChI is InChI=1S/C16H18ClNO2S/c1-2-13(11-5-7-12(17)8-6-11)18-14(10-16(19)20)15-4-3-9-21-15/h3-9,13-14,18H,2,10H2,1H3,(H,19,20). The van der Waals surface area contributed by atoms with Crippen molar-refractivity contribution in [1.82, 2.24) is 5.32 Å². The maximum Gasteiger partial charge on any atom is 0.305 e. The minimum Gasteiger partial charge on any atom is -0.481 e. The number of halogens is 1. The Kier molecular flexibility index (Phi) is 5.79. The highest BCUT2D eigenvalue weighted by Crippen LogP contribution is 2.27. The van der Waals surface area contributed by atoms with Crippen LogP contribution in [0.2, 0.25) is 5.02 Å². The molecule has 1 aromatic carbocycles. The third-order valence-electron chi connectivity index (χ3n) is 3.35. The van der Waals surface area contributed by atoms with Gasteiger partial charge in [-0.3, -0.25) is 4.79 Å². The minimum atomic E-state index is -0.799. The van der Waals surface area contributed by atoms with Crippen molar-refractivity contribution in [3.8, 4) is 0 Å². The van der Waals surface area contributed by atoms with Gasteiger partial charge in [0.2, 0.25) is 0 Å². The average molecular weight is 324 g/mol. The van der Waals surface area contributed by atoms with Crippen molar-refractivity contribution in [3.63, 3.8) is 0 Å². The summed E-state index contributed by atoms with van der Waals surface area (Å²) >= 11 is 7.50. The number of carboxylic acid groups (broad SMARTS) is 1. The molecule has 2 N–H and O–H groups in total. The van der Waals surface area contributed by atoms with Gasteiger partial charge < -0.3 is 10.4 Å². The molecule has 0 aliphatic heterocycles. The number of thiophene rings is 1. The van der Waals surface area contributed by atoms with Crippen LogP contribution in [0.15, 0.2) is 41.8 Å². The third kappa shape index (κ3) is 4.56. The first kappa shape index (κ1) is 16.0. The van der Waals surface area contributed by atoms with Crippen LogP contribution in [0.25, 0.3) is 0 Å². The topological polar surface area (TPSA) is 49.3 Å². The van der Waals surface area contributed by atoms with Crippen molar-refractivity contribution in [2.24, 2.45) is 0 Å². The van der Waals surface area contributed by atoms with Crippen LogP contribution >= 0.6 is 22.9 Å². The molecule has 2 aromatic rings. The lowest BCUT2D eigenvalue weighted by molar-refractivity contribution is -0.137. The normalized spacial score (nSPS) is 13.8. The van der Waals surface area contributed by atoms with Gasteiger partial charge in [0.25, 0.3) is 0 Å². The lowest BCUT2D eigenvalue weighted by atomic mass is 10.0. The molecule has 3 nitrogen and oxygen atoms in total. The second-order valence-corrected chi connectivity index (χ2v) is 6.26. The summed E-state index contributed by atoms with van der Waals surface area (Å²) in [6.07, 6.45) is 0.952. The molecule has 1 heterocycles. The fraction of sp³-hybridized carbons (Fsp3) is 0.312. The zero-order valence-corrected chi connectivity index (χ0v) is 13.3. The second kappa shape index (κ2) is 7.59. The van der Waals surface area contributed by atoms with Crippen LogP contribution < -0.4 is 5.32 Å². The van der Waals surface area contributed by atoms with Crippen LogP contribution in [0.4, 0.5) is 0 Å². The van der Waals surface area contributed by atoms with Crippen LogP contribution in [0.3, 0.4) is 0 Å². The molecule has 1 aromatic heterocycles. The first-order valence-corrected chi connectivity index (χ1v) is 8.12. The number of nitrogens with one attached hydrogen (secondary N) is 1. The Morgan fingerprint density at radius 1 is 1.29 bits per heavy atom. The Labute approximate surface area is 133 Å². The molecule has 0 amide bonds. The lowest BCUT2D eigenvalue weighted by Gasteiger charge is -2.24. The van der Waals surface area contributed by atoms with E-state index in [1.165, 1.54) is 0 Å². The van der Waals surface area contributed by atoms with E-state index in [2.05, 4.69) is 12.2 Å². The van der Waals surface area contributed by atoms with E-state index in [0.717, 1.165) is 16.9 Å². The second-order valence-electron chi connectivity index (χ2n) is 4.84. The van der Waals surface area contributed by atoms with Gasteiger partial charge in [-0.25, -0.2) is 0 Å². The SMILES string of the molecule is CCC(NC(CC(=O)O)c1cccs1)c1ccc(Cl)cc1. The predicted molar refractivity (Wildman–Crippen MR) is 86.9 cm³/mol. The van der Waals surface area contributed by atoms with Gasteiger partial charge in [-0.05, 0) is 35.6 Å². The molecule has 0 radical (unpaired) electrons. The van der Waals surface area contributed by atoms with E-state index in [-0.39, 0.29) is 18.5 Å². The summed E-state index contributed by atoms with van der Waals surface area (Å²) in [5, 5.41) is 15.3. The number of aliphatic carboxylic acids is 1. The van der Waals surface area contributed by atoms with Crippen LogP contribution in [0, 0.1) is 0 Å². The predicted octanol–water partition coefficient (Wildman–Crippen LogP) is 4.66. The van der Waals surface area contributed by atoms with Crippen molar-refractivity contribution in [1.29, 1.82) is 0 Å². The van der Waals surface area contributed by atoms with Crippen LogP contribution in [-0.2, 0) is 4.79 Å². The van der Waals surface area contributed by atoms with Gasteiger partial charge in [-0.1, -0.05) is 36.7 Å². The van der Waals surface area contributed by atoms with E-state index < -0.39 is 5.97 Å². The molecule has 0 aliphatic rings. The largest absolute Gasteiger partial charge is 0.481 e. The molecule has 0 aliphatic carbocycles. The Bertz CT molecular complexity index is 568. The summed E-state index contributed by atoms with van der Waals surface area (Å²) in [6, 6.07) is 11.5. The van der Waals surface area contributed by atoms with Gasteiger partial charge in [0.15, 0.2) is 0 Å². The van der Waals surface area contributed by atoms with E-state index in [1.807, 2.05) is 41.8 Å². The van der Waals surface area contributed by atoms with Gasteiger partial charge in [0.1, 0.15) is 0 Å². The molecule has 2 atom stereocenters. The Hall–Kier alpha value is -1.36. The zero-order valence-electron chi connectivity index (χ0n) is 11.8. The van der Waals surface area contributed by atoms with Gasteiger partial charge in [-0.2, -0.15) is 0 Å². The number of carbonyl (C=O) groups is 1. The van der Waals surface area contributed by atoms with Gasteiger partial charge in [0, 0.05) is 15.9 Å². The monoisotopic (exact) mass is 323 g/mol. The van der Waals surface area contributed by atoms with Crippen LogP contribution in [0.1, 0.15) is 42.3 Å². The maximum atomic E-state index is 11.1. The van der Waals surface area contributed by atoms with E-state index in [9.17, 15) is 4.79 Å². The average Bonchev–Trinajstić information content (AvgIpc) is 2.98. The summed E-state index contributed by atoms with van der Waals surface area (Å²) in [7, 11) is 0. The molecule has 0 saturated carbocycles. The van der Waals surface area contributed by atoms with Gasteiger partial charge in [-0.15, -0.1) is 11.3 Å². The van der Waals surface area contributed by atoms with Gasteiger partial charge >= 0.3 is 5.97 Å². The van der Waals surface area contributed by atoms with E-state index >= 15 is 0 Å². The fourth-order valence-electron chi connectivity index (χ4n) is 2.29. The Morgan fingerprint density at radius 3 is 2.52 bits per heavy atom. The van der Waals surface area contributed by atoms with Crippen molar-refractivity contribution >= 4 is 28.9 Å². The number of carboxylic acids is 1. The highest BCUT2D eigenvalue weighted by atomic mass is 35.5. The molecule has 2 rings (SSSR count). The molecule has 112 valence electrons. The summed E-state index contributed by atoms with van der Waals surface area (Å²) < 4.78 is 0. The molecular formula is C16H18ClNO2S. The number of benzene rings is 1. The number of hydrogen-bond acceptors (Lipinski definition) is 3. The first-order valence-electron chi connectivity index (χ1n) is 6.87. The summed E-state index contributed by atoms with van der Waals surface area (Å²) in [5.74, 6) is -0.799. The van der Waals surface area contributed by atoms with E-state index in [0.29, 0.717) is 5.02 Å². The Morgan fingerprint density at radius 2 is 2.00 bits per heavy atom. The highest BCUT2D eigenvalue weighted by Gasteiger charge is 2.20. The number of rotatable bonds is 7. The van der Waals surface area contributed by atoms with E-state index in [1.54, 1.807) is 11.3 Å².